The van der Waals surface area contributed by atoms with Crippen LogP contribution < -0.4 is 0 Å². The van der Waals surface area contributed by atoms with E-state index in [4.69, 9.17) is 9.26 Å². The van der Waals surface area contributed by atoms with Gasteiger partial charge in [-0.1, -0.05) is 35.0 Å². The first kappa shape index (κ1) is 17.7. The van der Waals surface area contributed by atoms with Crippen molar-refractivity contribution in [3.63, 3.8) is 0 Å². The Balaban J connectivity index is 1.40. The third-order valence-corrected chi connectivity index (χ3v) is 4.91. The molecule has 146 valence electrons. The van der Waals surface area contributed by atoms with Gasteiger partial charge < -0.3 is 9.26 Å². The third-order valence-electron chi connectivity index (χ3n) is 4.91. The van der Waals surface area contributed by atoms with Gasteiger partial charge in [0.25, 0.3) is 5.89 Å². The van der Waals surface area contributed by atoms with E-state index in [1.54, 1.807) is 0 Å². The van der Waals surface area contributed by atoms with E-state index >= 15 is 0 Å². The third kappa shape index (κ3) is 3.31. The molecule has 0 bridgehead atoms. The number of benzene rings is 2. The summed E-state index contributed by atoms with van der Waals surface area (Å²) in [5.41, 5.74) is 4.02. The highest BCUT2D eigenvalue weighted by molar-refractivity contribution is 5.58. The van der Waals surface area contributed by atoms with E-state index in [9.17, 15) is 8.78 Å². The first-order valence-electron chi connectivity index (χ1n) is 9.11. The van der Waals surface area contributed by atoms with E-state index in [0.29, 0.717) is 24.4 Å². The summed E-state index contributed by atoms with van der Waals surface area (Å²) in [6.07, 6.45) is -0.0868. The maximum absolute atomic E-state index is 13.5. The first-order valence-corrected chi connectivity index (χ1v) is 9.11. The van der Waals surface area contributed by atoms with E-state index in [1.165, 1.54) is 11.6 Å². The van der Waals surface area contributed by atoms with Crippen LogP contribution in [0.2, 0.25) is 0 Å². The summed E-state index contributed by atoms with van der Waals surface area (Å²) < 4.78 is 39.7. The Labute approximate surface area is 164 Å². The molecule has 2 aromatic heterocycles. The van der Waals surface area contributed by atoms with Gasteiger partial charge in [-0.2, -0.15) is 10.1 Å². The van der Waals surface area contributed by atoms with Gasteiger partial charge in [0.1, 0.15) is 6.10 Å². The van der Waals surface area contributed by atoms with Gasteiger partial charge >= 0.3 is 0 Å². The topological polar surface area (TPSA) is 66.0 Å². The zero-order valence-corrected chi connectivity index (χ0v) is 15.5. The predicted molar refractivity (Wildman–Crippen MR) is 99.6 cm³/mol. The van der Waals surface area contributed by atoms with Gasteiger partial charge in [-0.25, -0.2) is 8.78 Å². The molecule has 1 aliphatic heterocycles. The van der Waals surface area contributed by atoms with Crippen LogP contribution >= 0.6 is 0 Å². The van der Waals surface area contributed by atoms with E-state index in [1.807, 2.05) is 17.7 Å². The van der Waals surface area contributed by atoms with Crippen LogP contribution in [0.4, 0.5) is 8.78 Å². The van der Waals surface area contributed by atoms with Gasteiger partial charge in [-0.15, -0.1) is 0 Å². The molecule has 1 aliphatic rings. The van der Waals surface area contributed by atoms with Gasteiger partial charge in [0.2, 0.25) is 5.82 Å². The standard InChI is InChI=1S/C21H16F2N4O2/c1-12-2-4-13(5-3-12)19-10-27-15(11-28-19)9-18(25-27)21-24-20(26-29-21)14-6-7-16(22)17(23)8-14/h2-9,19H,10-11H2,1H3/t19-/m0/s1. The molecule has 1 atom stereocenters. The average Bonchev–Trinajstić information content (AvgIpc) is 3.37. The lowest BCUT2D eigenvalue weighted by atomic mass is 10.1. The Kier molecular flexibility index (Phi) is 4.21. The van der Waals surface area contributed by atoms with Crippen molar-refractivity contribution in [1.29, 1.82) is 0 Å². The summed E-state index contributed by atoms with van der Waals surface area (Å²) in [5.74, 6) is -1.52. The van der Waals surface area contributed by atoms with Gasteiger partial charge in [-0.05, 0) is 36.8 Å². The molecule has 8 heteroatoms. The Morgan fingerprint density at radius 1 is 1.03 bits per heavy atom. The lowest BCUT2D eigenvalue weighted by Gasteiger charge is -2.24. The van der Waals surface area contributed by atoms with Crippen LogP contribution in [0.5, 0.6) is 0 Å². The molecule has 0 amide bonds. The SMILES string of the molecule is Cc1ccc([C@@H]2Cn3nc(-c4nc(-c5ccc(F)c(F)c5)no4)cc3CO2)cc1. The van der Waals surface area contributed by atoms with Crippen molar-refractivity contribution in [2.24, 2.45) is 0 Å². The van der Waals surface area contributed by atoms with E-state index in [-0.39, 0.29) is 17.8 Å². The number of halogens is 2. The maximum atomic E-state index is 13.5. The van der Waals surface area contributed by atoms with Crippen LogP contribution in [-0.4, -0.2) is 19.9 Å². The minimum absolute atomic E-state index is 0.0868. The van der Waals surface area contributed by atoms with Crippen LogP contribution in [-0.2, 0) is 17.9 Å². The van der Waals surface area contributed by atoms with Gasteiger partial charge in [0.05, 0.1) is 18.8 Å². The summed E-state index contributed by atoms with van der Waals surface area (Å²) in [7, 11) is 0. The fourth-order valence-electron chi connectivity index (χ4n) is 3.29. The molecule has 0 fully saturated rings. The minimum Gasteiger partial charge on any atom is -0.365 e. The highest BCUT2D eigenvalue weighted by atomic mass is 19.2. The molecule has 4 aromatic rings. The molecular weight excluding hydrogens is 378 g/mol. The molecule has 0 radical (unpaired) electrons. The lowest BCUT2D eigenvalue weighted by molar-refractivity contribution is -0.00113. The van der Waals surface area contributed by atoms with Crippen LogP contribution in [0, 0.1) is 18.6 Å². The summed E-state index contributed by atoms with van der Waals surface area (Å²) in [5, 5.41) is 8.41. The number of fused-ring (bicyclic) bond motifs is 1. The van der Waals surface area contributed by atoms with E-state index in [2.05, 4.69) is 39.5 Å². The molecule has 0 aliphatic carbocycles. The fourth-order valence-corrected chi connectivity index (χ4v) is 3.29. The Hall–Kier alpha value is -3.39. The molecule has 0 saturated heterocycles. The second kappa shape index (κ2) is 6.89. The maximum Gasteiger partial charge on any atom is 0.278 e. The van der Waals surface area contributed by atoms with Crippen LogP contribution in [0.3, 0.4) is 0 Å². The number of hydrogen-bond donors (Lipinski definition) is 0. The molecule has 6 nitrogen and oxygen atoms in total. The molecule has 0 unspecified atom stereocenters. The zero-order chi connectivity index (χ0) is 20.0. The normalized spacial score (nSPS) is 16.0. The molecule has 29 heavy (non-hydrogen) atoms. The van der Waals surface area contributed by atoms with Crippen LogP contribution in [0.1, 0.15) is 22.9 Å². The smallest absolute Gasteiger partial charge is 0.278 e. The Morgan fingerprint density at radius 2 is 1.86 bits per heavy atom. The highest BCUT2D eigenvalue weighted by Gasteiger charge is 2.24. The number of rotatable bonds is 3. The summed E-state index contributed by atoms with van der Waals surface area (Å²) in [6, 6.07) is 13.5. The van der Waals surface area contributed by atoms with Gasteiger partial charge in [-0.3, -0.25) is 4.68 Å². The number of ether oxygens (including phenoxy) is 1. The van der Waals surface area contributed by atoms with Crippen molar-refractivity contribution in [1.82, 2.24) is 19.9 Å². The van der Waals surface area contributed by atoms with Crippen molar-refractivity contribution in [3.05, 3.63) is 77.0 Å². The molecule has 0 N–H and O–H groups in total. The average molecular weight is 394 g/mol. The molecule has 3 heterocycles. The molecule has 0 saturated carbocycles. The van der Waals surface area contributed by atoms with Crippen LogP contribution in [0.15, 0.2) is 53.1 Å². The molecule has 0 spiro atoms. The number of nitrogens with zero attached hydrogens (tertiary/aromatic N) is 4. The lowest BCUT2D eigenvalue weighted by Crippen LogP contribution is -2.21. The summed E-state index contributed by atoms with van der Waals surface area (Å²) in [4.78, 5) is 4.27. The number of aromatic nitrogens is 4. The van der Waals surface area contributed by atoms with Gasteiger partial charge in [0, 0.05) is 5.56 Å². The number of hydrogen-bond acceptors (Lipinski definition) is 5. The van der Waals surface area contributed by atoms with E-state index < -0.39 is 11.6 Å². The van der Waals surface area contributed by atoms with Crippen molar-refractivity contribution < 1.29 is 18.0 Å². The molecular formula is C21H16F2N4O2. The van der Waals surface area contributed by atoms with Crippen molar-refractivity contribution >= 4 is 0 Å². The second-order valence-electron chi connectivity index (χ2n) is 6.97. The Morgan fingerprint density at radius 3 is 2.66 bits per heavy atom. The Bertz CT molecular complexity index is 1180. The quantitative estimate of drug-likeness (QED) is 0.513. The van der Waals surface area contributed by atoms with E-state index in [0.717, 1.165) is 23.4 Å². The van der Waals surface area contributed by atoms with Crippen LogP contribution in [0.25, 0.3) is 23.0 Å². The predicted octanol–water partition coefficient (Wildman–Crippen LogP) is 4.46. The van der Waals surface area contributed by atoms with Crippen molar-refractivity contribution in [2.45, 2.75) is 26.2 Å². The zero-order valence-electron chi connectivity index (χ0n) is 15.5. The number of aryl methyl sites for hydroxylation is 1. The van der Waals surface area contributed by atoms with Gasteiger partial charge in [0.15, 0.2) is 17.3 Å². The molecule has 2 aromatic carbocycles. The largest absolute Gasteiger partial charge is 0.365 e. The second-order valence-corrected chi connectivity index (χ2v) is 6.97. The summed E-state index contributed by atoms with van der Waals surface area (Å²) >= 11 is 0. The van der Waals surface area contributed by atoms with Crippen molar-refractivity contribution in [3.8, 4) is 23.0 Å². The fraction of sp³-hybridized carbons (Fsp3) is 0.190. The summed E-state index contributed by atoms with van der Waals surface area (Å²) in [6.45, 7) is 3.03. The minimum atomic E-state index is -0.967. The highest BCUT2D eigenvalue weighted by Crippen LogP contribution is 2.29. The van der Waals surface area contributed by atoms with Crippen molar-refractivity contribution in [2.75, 3.05) is 0 Å². The monoisotopic (exact) mass is 394 g/mol. The first-order chi connectivity index (χ1) is 14.1. The molecule has 5 rings (SSSR count).